The maximum absolute atomic E-state index is 10.2. The number of hydrogen-bond donors (Lipinski definition) is 1. The SMILES string of the molecule is O=C(O)C1SCCS1.[MgH2]. The fourth-order valence-corrected chi connectivity index (χ4v) is 2.95. The average molecular weight is 177 g/mol. The van der Waals surface area contributed by atoms with Gasteiger partial charge in [0.2, 0.25) is 0 Å². The van der Waals surface area contributed by atoms with Gasteiger partial charge in [0.15, 0.2) is 0 Å². The molecule has 1 fully saturated rings. The number of rotatable bonds is 1. The van der Waals surface area contributed by atoms with Gasteiger partial charge in [0.1, 0.15) is 4.58 Å². The van der Waals surface area contributed by atoms with Crippen LogP contribution in [0.15, 0.2) is 0 Å². The van der Waals surface area contributed by atoms with Gasteiger partial charge in [-0.05, 0) is 0 Å². The lowest BCUT2D eigenvalue weighted by Crippen LogP contribution is -2.07. The standard InChI is InChI=1S/C4H6O2S2.Mg.2H/c5-3(6)4-7-1-2-8-4;;;/h4H,1-2H2,(H,5,6);;;. The number of carbonyl (C=O) groups is 1. The summed E-state index contributed by atoms with van der Waals surface area (Å²) in [6.07, 6.45) is 0. The molecular weight excluding hydrogens is 168 g/mol. The predicted molar refractivity (Wildman–Crippen MR) is 44.9 cm³/mol. The zero-order chi connectivity index (χ0) is 5.98. The quantitative estimate of drug-likeness (QED) is 0.569. The van der Waals surface area contributed by atoms with E-state index in [0.29, 0.717) is 0 Å². The minimum absolute atomic E-state index is 0. The summed E-state index contributed by atoms with van der Waals surface area (Å²) in [4.78, 5) is 10.2. The molecule has 0 spiro atoms. The minimum Gasteiger partial charge on any atom is -0.480 e. The molecule has 5 heteroatoms. The van der Waals surface area contributed by atoms with Crippen LogP contribution >= 0.6 is 23.5 Å². The Morgan fingerprint density at radius 3 is 2.11 bits per heavy atom. The molecule has 1 rings (SSSR count). The molecule has 0 unspecified atom stereocenters. The second-order valence-electron chi connectivity index (χ2n) is 1.41. The smallest absolute Gasteiger partial charge is 0.326 e. The molecule has 0 aromatic carbocycles. The van der Waals surface area contributed by atoms with Crippen LogP contribution in [0.4, 0.5) is 0 Å². The molecule has 1 N–H and O–H groups in total. The summed E-state index contributed by atoms with van der Waals surface area (Å²) in [5, 5.41) is 8.37. The van der Waals surface area contributed by atoms with Crippen LogP contribution in [0.25, 0.3) is 0 Å². The monoisotopic (exact) mass is 176 g/mol. The molecule has 1 aliphatic heterocycles. The predicted octanol–water partition coefficient (Wildman–Crippen LogP) is -0.0391. The van der Waals surface area contributed by atoms with Gasteiger partial charge >= 0.3 is 29.0 Å². The van der Waals surface area contributed by atoms with Gasteiger partial charge in [0.25, 0.3) is 0 Å². The third-order valence-corrected chi connectivity index (χ3v) is 3.79. The molecule has 0 radical (unpaired) electrons. The third-order valence-electron chi connectivity index (χ3n) is 0.823. The van der Waals surface area contributed by atoms with Crippen molar-refractivity contribution in [2.75, 3.05) is 11.5 Å². The van der Waals surface area contributed by atoms with E-state index < -0.39 is 5.97 Å². The van der Waals surface area contributed by atoms with Crippen LogP contribution in [-0.4, -0.2) is 50.2 Å². The van der Waals surface area contributed by atoms with E-state index in [-0.39, 0.29) is 27.6 Å². The Balaban J connectivity index is 0.000000640. The summed E-state index contributed by atoms with van der Waals surface area (Å²) in [7, 11) is 0. The number of thioether (sulfide) groups is 2. The first-order valence-corrected chi connectivity index (χ1v) is 4.36. The van der Waals surface area contributed by atoms with Gasteiger partial charge in [-0.3, -0.25) is 4.79 Å². The van der Waals surface area contributed by atoms with Gasteiger partial charge in [0.05, 0.1) is 0 Å². The van der Waals surface area contributed by atoms with Gasteiger partial charge in [-0.25, -0.2) is 0 Å². The molecule has 9 heavy (non-hydrogen) atoms. The van der Waals surface area contributed by atoms with Gasteiger partial charge < -0.3 is 5.11 Å². The first-order valence-electron chi connectivity index (χ1n) is 2.27. The normalized spacial score (nSPS) is 19.1. The molecule has 0 aromatic heterocycles. The first-order chi connectivity index (χ1) is 3.80. The molecule has 1 heterocycles. The zero-order valence-corrected chi connectivity index (χ0v) is 5.80. The number of hydrogen-bond acceptors (Lipinski definition) is 3. The third kappa shape index (κ3) is 3.02. The van der Waals surface area contributed by atoms with Crippen molar-refractivity contribution in [2.45, 2.75) is 4.58 Å². The minimum atomic E-state index is -0.683. The average Bonchev–Trinajstić information content (AvgIpc) is 2.12. The summed E-state index contributed by atoms with van der Waals surface area (Å²) < 4.78 is -0.185. The van der Waals surface area contributed by atoms with E-state index in [1.807, 2.05) is 0 Å². The van der Waals surface area contributed by atoms with Crippen LogP contribution in [-0.2, 0) is 4.79 Å². The number of carboxylic acids is 1. The van der Waals surface area contributed by atoms with Crippen LogP contribution in [0, 0.1) is 0 Å². The van der Waals surface area contributed by atoms with Crippen molar-refractivity contribution >= 4 is 52.5 Å². The molecule has 0 saturated carbocycles. The van der Waals surface area contributed by atoms with Crippen LogP contribution < -0.4 is 0 Å². The molecule has 0 atom stereocenters. The topological polar surface area (TPSA) is 37.3 Å². The first kappa shape index (κ1) is 9.94. The molecule has 1 saturated heterocycles. The molecular formula is C4H8MgO2S2. The Kier molecular flexibility index (Phi) is 5.20. The highest BCUT2D eigenvalue weighted by Gasteiger charge is 2.22. The zero-order valence-electron chi connectivity index (χ0n) is 4.16. The molecule has 0 amide bonds. The summed E-state index contributed by atoms with van der Waals surface area (Å²) in [6.45, 7) is 0. The molecule has 0 aliphatic carbocycles. The summed E-state index contributed by atoms with van der Waals surface area (Å²) in [6, 6.07) is 0. The fourth-order valence-electron chi connectivity index (χ4n) is 0.501. The van der Waals surface area contributed by atoms with Crippen LogP contribution in [0.2, 0.25) is 0 Å². The maximum atomic E-state index is 10.2. The highest BCUT2D eigenvalue weighted by molar-refractivity contribution is 8.21. The lowest BCUT2D eigenvalue weighted by Gasteiger charge is -1.96. The second-order valence-corrected chi connectivity index (χ2v) is 4.14. The highest BCUT2D eigenvalue weighted by Crippen LogP contribution is 2.31. The van der Waals surface area contributed by atoms with Crippen LogP contribution in [0.3, 0.4) is 0 Å². The molecule has 1 aliphatic rings. The maximum Gasteiger partial charge on any atom is 0.326 e. The molecule has 50 valence electrons. The van der Waals surface area contributed by atoms with Crippen molar-refractivity contribution in [3.63, 3.8) is 0 Å². The van der Waals surface area contributed by atoms with E-state index in [0.717, 1.165) is 11.5 Å². The fraction of sp³-hybridized carbons (Fsp3) is 0.750. The Hall–Kier alpha value is 0.936. The number of aliphatic carboxylic acids is 1. The Morgan fingerprint density at radius 2 is 1.89 bits per heavy atom. The van der Waals surface area contributed by atoms with Gasteiger partial charge in [-0.1, -0.05) is 0 Å². The number of carboxylic acid groups (broad SMARTS) is 1. The van der Waals surface area contributed by atoms with Crippen molar-refractivity contribution < 1.29 is 9.90 Å². The van der Waals surface area contributed by atoms with E-state index in [2.05, 4.69) is 0 Å². The second kappa shape index (κ2) is 4.71. The van der Waals surface area contributed by atoms with Gasteiger partial charge in [-0.15, -0.1) is 23.5 Å². The van der Waals surface area contributed by atoms with Crippen molar-refractivity contribution in [1.82, 2.24) is 0 Å². The molecule has 2 nitrogen and oxygen atoms in total. The van der Waals surface area contributed by atoms with Crippen LogP contribution in [0.5, 0.6) is 0 Å². The lowest BCUT2D eigenvalue weighted by atomic mass is 10.8. The largest absolute Gasteiger partial charge is 0.480 e. The van der Waals surface area contributed by atoms with Crippen molar-refractivity contribution in [1.29, 1.82) is 0 Å². The Labute approximate surface area is 78.3 Å². The summed E-state index contributed by atoms with van der Waals surface area (Å²) >= 11 is 3.03. The Bertz CT molecular complexity index is 103. The Morgan fingerprint density at radius 1 is 1.44 bits per heavy atom. The van der Waals surface area contributed by atoms with Crippen LogP contribution in [0.1, 0.15) is 0 Å². The molecule has 0 aromatic rings. The van der Waals surface area contributed by atoms with E-state index in [9.17, 15) is 4.79 Å². The highest BCUT2D eigenvalue weighted by atomic mass is 32.2. The van der Waals surface area contributed by atoms with E-state index in [4.69, 9.17) is 5.11 Å². The van der Waals surface area contributed by atoms with Crippen molar-refractivity contribution in [3.05, 3.63) is 0 Å². The van der Waals surface area contributed by atoms with Crippen molar-refractivity contribution in [3.8, 4) is 0 Å². The van der Waals surface area contributed by atoms with E-state index in [1.165, 1.54) is 23.5 Å². The van der Waals surface area contributed by atoms with Gasteiger partial charge in [-0.2, -0.15) is 0 Å². The summed E-state index contributed by atoms with van der Waals surface area (Å²) in [5.74, 6) is 1.29. The molecule has 0 bridgehead atoms. The summed E-state index contributed by atoms with van der Waals surface area (Å²) in [5.41, 5.74) is 0. The lowest BCUT2D eigenvalue weighted by molar-refractivity contribution is -0.134. The van der Waals surface area contributed by atoms with E-state index >= 15 is 0 Å². The van der Waals surface area contributed by atoms with Gasteiger partial charge in [0, 0.05) is 11.5 Å². The van der Waals surface area contributed by atoms with Crippen molar-refractivity contribution in [2.24, 2.45) is 0 Å². The van der Waals surface area contributed by atoms with E-state index in [1.54, 1.807) is 0 Å².